The highest BCUT2D eigenvalue weighted by atomic mass is 16.6. The molecule has 4 saturated carbocycles. The lowest BCUT2D eigenvalue weighted by molar-refractivity contribution is -0.385. The quantitative estimate of drug-likeness (QED) is 0.377. The van der Waals surface area contributed by atoms with E-state index in [1.165, 1.54) is 31.0 Å². The smallest absolute Gasteiger partial charge is 0.320 e. The predicted octanol–water partition coefficient (Wildman–Crippen LogP) is 6.11. The van der Waals surface area contributed by atoms with Gasteiger partial charge in [0.2, 0.25) is 5.69 Å². The first kappa shape index (κ1) is 23.1. The Balaban J connectivity index is 1.39. The molecule has 2 aromatic rings. The number of nitro groups is 1. The van der Waals surface area contributed by atoms with Crippen LogP contribution in [-0.2, 0) is 5.54 Å². The summed E-state index contributed by atoms with van der Waals surface area (Å²) in [5.74, 6) is 2.09. The molecule has 4 aliphatic carbocycles. The second-order valence-electron chi connectivity index (χ2n) is 11.1. The summed E-state index contributed by atoms with van der Waals surface area (Å²) in [5.41, 5.74) is 1.88. The number of aromatic nitrogens is 2. The molecule has 7 heteroatoms. The second kappa shape index (κ2) is 8.82. The molecule has 1 amide bonds. The van der Waals surface area contributed by atoms with Crippen LogP contribution in [0.4, 0.5) is 5.69 Å². The Morgan fingerprint density at radius 1 is 1.09 bits per heavy atom. The van der Waals surface area contributed by atoms with Gasteiger partial charge in [0.1, 0.15) is 6.20 Å². The molecule has 4 fully saturated rings. The SMILES string of the molecule is CCC(C)c1ccc(C(CC)NC(=O)c2nn(C34CC5CC(CC(C5)C3)C4)cc2[N+](=O)[O-])cc1. The summed E-state index contributed by atoms with van der Waals surface area (Å²) < 4.78 is 1.81. The fraction of sp³-hybridized carbons (Fsp3) is 0.630. The van der Waals surface area contributed by atoms with Crippen LogP contribution in [0.5, 0.6) is 0 Å². The van der Waals surface area contributed by atoms with Crippen LogP contribution in [0.3, 0.4) is 0 Å². The molecule has 2 unspecified atom stereocenters. The minimum Gasteiger partial charge on any atom is -0.344 e. The summed E-state index contributed by atoms with van der Waals surface area (Å²) in [6, 6.07) is 8.12. The molecule has 2 atom stereocenters. The molecule has 7 nitrogen and oxygen atoms in total. The molecule has 1 aromatic carbocycles. The Hall–Kier alpha value is -2.70. The van der Waals surface area contributed by atoms with Crippen LogP contribution in [0, 0.1) is 27.9 Å². The number of hydrogen-bond donors (Lipinski definition) is 1. The van der Waals surface area contributed by atoms with Gasteiger partial charge in [0.15, 0.2) is 0 Å². The van der Waals surface area contributed by atoms with Gasteiger partial charge in [-0.2, -0.15) is 5.10 Å². The molecular formula is C27H36N4O3. The van der Waals surface area contributed by atoms with E-state index in [4.69, 9.17) is 0 Å². The molecule has 182 valence electrons. The van der Waals surface area contributed by atoms with Crippen molar-refractivity contribution in [2.75, 3.05) is 0 Å². The maximum absolute atomic E-state index is 13.3. The van der Waals surface area contributed by atoms with E-state index in [0.29, 0.717) is 30.1 Å². The Bertz CT molecular complexity index is 1040. The third-order valence-corrected chi connectivity index (χ3v) is 8.83. The Morgan fingerprint density at radius 3 is 2.15 bits per heavy atom. The van der Waals surface area contributed by atoms with Crippen molar-refractivity contribution in [1.82, 2.24) is 15.1 Å². The van der Waals surface area contributed by atoms with Gasteiger partial charge in [0, 0.05) is 0 Å². The number of benzene rings is 1. The highest BCUT2D eigenvalue weighted by molar-refractivity contribution is 5.96. The second-order valence-corrected chi connectivity index (χ2v) is 11.1. The van der Waals surface area contributed by atoms with E-state index < -0.39 is 10.8 Å². The van der Waals surface area contributed by atoms with Gasteiger partial charge in [0.05, 0.1) is 16.5 Å². The highest BCUT2D eigenvalue weighted by Crippen LogP contribution is 2.58. The zero-order chi connectivity index (χ0) is 24.0. The summed E-state index contributed by atoms with van der Waals surface area (Å²) in [6.07, 6.45) is 10.2. The van der Waals surface area contributed by atoms with E-state index >= 15 is 0 Å². The number of carbonyl (C=O) groups is 1. The third-order valence-electron chi connectivity index (χ3n) is 8.83. The zero-order valence-corrected chi connectivity index (χ0v) is 20.5. The normalized spacial score (nSPS) is 29.1. The van der Waals surface area contributed by atoms with Crippen molar-refractivity contribution in [3.8, 4) is 0 Å². The average molecular weight is 465 g/mol. The van der Waals surface area contributed by atoms with Crippen LogP contribution in [0.25, 0.3) is 0 Å². The lowest BCUT2D eigenvalue weighted by atomic mass is 9.53. The first-order valence-corrected chi connectivity index (χ1v) is 13.0. The van der Waals surface area contributed by atoms with Gasteiger partial charge in [-0.3, -0.25) is 19.6 Å². The van der Waals surface area contributed by atoms with Gasteiger partial charge in [-0.25, -0.2) is 0 Å². The van der Waals surface area contributed by atoms with Gasteiger partial charge in [-0.05, 0) is 86.2 Å². The van der Waals surface area contributed by atoms with E-state index in [2.05, 4.69) is 48.5 Å². The van der Waals surface area contributed by atoms with Crippen molar-refractivity contribution in [3.63, 3.8) is 0 Å². The van der Waals surface area contributed by atoms with Crippen LogP contribution in [0.1, 0.15) is 106 Å². The minimum atomic E-state index is -0.465. The number of carbonyl (C=O) groups excluding carboxylic acids is 1. The van der Waals surface area contributed by atoms with Gasteiger partial charge in [-0.15, -0.1) is 0 Å². The molecule has 4 bridgehead atoms. The Morgan fingerprint density at radius 2 is 1.65 bits per heavy atom. The molecule has 0 aliphatic heterocycles. The monoisotopic (exact) mass is 464 g/mol. The fourth-order valence-electron chi connectivity index (χ4n) is 7.19. The van der Waals surface area contributed by atoms with Crippen LogP contribution in [0.15, 0.2) is 30.5 Å². The molecule has 34 heavy (non-hydrogen) atoms. The Kier molecular flexibility index (Phi) is 5.98. The standard InChI is InChI=1S/C27H36N4O3/c1-4-17(3)21-6-8-22(9-7-21)23(5-2)28-26(32)25-24(31(33)34)16-30(29-25)27-13-18-10-19(14-27)12-20(11-18)15-27/h6-9,16-20,23H,4-5,10-15H2,1-3H3,(H,28,32). The number of hydrogen-bond acceptors (Lipinski definition) is 4. The van der Waals surface area contributed by atoms with Crippen molar-refractivity contribution in [2.24, 2.45) is 17.8 Å². The van der Waals surface area contributed by atoms with E-state index in [1.54, 1.807) is 0 Å². The molecule has 4 aliphatic rings. The molecular weight excluding hydrogens is 428 g/mol. The Labute approximate surface area is 201 Å². The van der Waals surface area contributed by atoms with E-state index in [0.717, 1.165) is 31.2 Å². The molecule has 1 aromatic heterocycles. The lowest BCUT2D eigenvalue weighted by Gasteiger charge is -2.56. The van der Waals surface area contributed by atoms with E-state index in [9.17, 15) is 14.9 Å². The van der Waals surface area contributed by atoms with Gasteiger partial charge < -0.3 is 5.32 Å². The predicted molar refractivity (Wildman–Crippen MR) is 131 cm³/mol. The summed E-state index contributed by atoms with van der Waals surface area (Å²) in [5, 5.41) is 19.5. The lowest BCUT2D eigenvalue weighted by Crippen LogP contribution is -2.52. The fourth-order valence-corrected chi connectivity index (χ4v) is 7.19. The molecule has 0 saturated heterocycles. The third kappa shape index (κ3) is 4.03. The molecule has 0 spiro atoms. The first-order chi connectivity index (χ1) is 16.3. The van der Waals surface area contributed by atoms with E-state index in [1.807, 2.05) is 11.6 Å². The van der Waals surface area contributed by atoms with Crippen molar-refractivity contribution < 1.29 is 9.72 Å². The maximum atomic E-state index is 13.3. The summed E-state index contributed by atoms with van der Waals surface area (Å²) >= 11 is 0. The maximum Gasteiger partial charge on any atom is 0.320 e. The van der Waals surface area contributed by atoms with Crippen LogP contribution >= 0.6 is 0 Å². The number of nitrogens with one attached hydrogen (secondary N) is 1. The van der Waals surface area contributed by atoms with Gasteiger partial charge >= 0.3 is 5.69 Å². The number of nitrogens with zero attached hydrogens (tertiary/aromatic N) is 3. The highest BCUT2D eigenvalue weighted by Gasteiger charge is 2.53. The van der Waals surface area contributed by atoms with Gasteiger partial charge in [0.25, 0.3) is 5.91 Å². The number of rotatable bonds is 8. The molecule has 1 N–H and O–H groups in total. The minimum absolute atomic E-state index is 0.0598. The van der Waals surface area contributed by atoms with Crippen LogP contribution < -0.4 is 5.32 Å². The summed E-state index contributed by atoms with van der Waals surface area (Å²) in [4.78, 5) is 24.7. The van der Waals surface area contributed by atoms with E-state index in [-0.39, 0.29) is 23.0 Å². The summed E-state index contributed by atoms with van der Waals surface area (Å²) in [6.45, 7) is 6.38. The van der Waals surface area contributed by atoms with Crippen LogP contribution in [0.2, 0.25) is 0 Å². The first-order valence-electron chi connectivity index (χ1n) is 13.0. The number of amides is 1. The van der Waals surface area contributed by atoms with Crippen molar-refractivity contribution in [1.29, 1.82) is 0 Å². The average Bonchev–Trinajstić information content (AvgIpc) is 3.28. The van der Waals surface area contributed by atoms with Gasteiger partial charge in [-0.1, -0.05) is 45.0 Å². The van der Waals surface area contributed by atoms with Crippen molar-refractivity contribution in [2.45, 2.75) is 89.6 Å². The van der Waals surface area contributed by atoms with Crippen molar-refractivity contribution >= 4 is 11.6 Å². The summed E-state index contributed by atoms with van der Waals surface area (Å²) in [7, 11) is 0. The topological polar surface area (TPSA) is 90.1 Å². The molecule has 1 heterocycles. The molecule has 6 rings (SSSR count). The largest absolute Gasteiger partial charge is 0.344 e. The molecule has 0 radical (unpaired) electrons. The van der Waals surface area contributed by atoms with Crippen molar-refractivity contribution in [3.05, 3.63) is 57.4 Å². The van der Waals surface area contributed by atoms with Crippen LogP contribution in [-0.4, -0.2) is 20.6 Å². The zero-order valence-electron chi connectivity index (χ0n) is 20.5.